The molecule has 0 atom stereocenters. The molecule has 1 N–H and O–H groups in total. The number of carbonyl (C=O) groups excluding carboxylic acids is 1. The average molecular weight is 338 g/mol. The van der Waals surface area contributed by atoms with E-state index in [0.29, 0.717) is 5.92 Å². The van der Waals surface area contributed by atoms with Gasteiger partial charge in [0.05, 0.1) is 0 Å². The van der Waals surface area contributed by atoms with Crippen molar-refractivity contribution in [1.82, 2.24) is 14.8 Å². The molecule has 0 radical (unpaired) electrons. The lowest BCUT2D eigenvalue weighted by Crippen LogP contribution is -2.49. The number of piperazine rings is 1. The zero-order valence-electron chi connectivity index (χ0n) is 15.0. The number of aromatic nitrogens is 1. The Bertz CT molecular complexity index is 677. The minimum absolute atomic E-state index is 0.0131. The standard InChI is InChI=1S/C20H26N4O/c1-16(2)18-3-5-19(6-4-18)22-20(25)24-13-11-23(12-14-24)15-17-7-9-21-10-8-17/h3-10,16H,11-15H2,1-2H3,(H,22,25). The van der Waals surface area contributed by atoms with Gasteiger partial charge in [0, 0.05) is 50.8 Å². The summed E-state index contributed by atoms with van der Waals surface area (Å²) >= 11 is 0. The maximum absolute atomic E-state index is 12.4. The van der Waals surface area contributed by atoms with Crippen molar-refractivity contribution < 1.29 is 4.79 Å². The number of nitrogens with zero attached hydrogens (tertiary/aromatic N) is 3. The van der Waals surface area contributed by atoms with E-state index >= 15 is 0 Å². The Morgan fingerprint density at radius 2 is 1.68 bits per heavy atom. The SMILES string of the molecule is CC(C)c1ccc(NC(=O)N2CCN(Cc3ccncc3)CC2)cc1. The van der Waals surface area contributed by atoms with Crippen molar-refractivity contribution >= 4 is 11.7 Å². The summed E-state index contributed by atoms with van der Waals surface area (Å²) in [6, 6.07) is 12.2. The Balaban J connectivity index is 1.48. The van der Waals surface area contributed by atoms with E-state index in [1.54, 1.807) is 0 Å². The van der Waals surface area contributed by atoms with Crippen molar-refractivity contribution in [3.63, 3.8) is 0 Å². The normalized spacial score (nSPS) is 15.4. The van der Waals surface area contributed by atoms with Crippen LogP contribution >= 0.6 is 0 Å². The van der Waals surface area contributed by atoms with Crippen LogP contribution in [0.4, 0.5) is 10.5 Å². The number of amides is 2. The molecule has 0 unspecified atom stereocenters. The van der Waals surface area contributed by atoms with Crippen molar-refractivity contribution in [2.24, 2.45) is 0 Å². The summed E-state index contributed by atoms with van der Waals surface area (Å²) in [6.07, 6.45) is 3.65. The van der Waals surface area contributed by atoms with Crippen LogP contribution in [0, 0.1) is 0 Å². The third-order valence-corrected chi connectivity index (χ3v) is 4.64. The second-order valence-corrected chi connectivity index (χ2v) is 6.83. The maximum Gasteiger partial charge on any atom is 0.321 e. The van der Waals surface area contributed by atoms with Crippen molar-refractivity contribution in [3.8, 4) is 0 Å². The van der Waals surface area contributed by atoms with E-state index in [0.717, 1.165) is 38.4 Å². The molecule has 2 aromatic rings. The molecule has 1 saturated heterocycles. The summed E-state index contributed by atoms with van der Waals surface area (Å²) in [5.41, 5.74) is 3.40. The molecule has 5 nitrogen and oxygen atoms in total. The first-order valence-corrected chi connectivity index (χ1v) is 8.89. The van der Waals surface area contributed by atoms with Gasteiger partial charge in [0.15, 0.2) is 0 Å². The Morgan fingerprint density at radius 1 is 1.04 bits per heavy atom. The number of urea groups is 1. The van der Waals surface area contributed by atoms with Crippen LogP contribution in [0.5, 0.6) is 0 Å². The zero-order chi connectivity index (χ0) is 17.6. The molecule has 2 heterocycles. The van der Waals surface area contributed by atoms with Crippen molar-refractivity contribution in [2.45, 2.75) is 26.3 Å². The van der Waals surface area contributed by atoms with Gasteiger partial charge < -0.3 is 10.2 Å². The van der Waals surface area contributed by atoms with Gasteiger partial charge in [0.25, 0.3) is 0 Å². The summed E-state index contributed by atoms with van der Waals surface area (Å²) in [5.74, 6) is 0.498. The van der Waals surface area contributed by atoms with Gasteiger partial charge in [-0.2, -0.15) is 0 Å². The van der Waals surface area contributed by atoms with Crippen LogP contribution in [0.1, 0.15) is 30.9 Å². The molecule has 132 valence electrons. The summed E-state index contributed by atoms with van der Waals surface area (Å²) in [5, 5.41) is 3.00. The molecule has 1 fully saturated rings. The molecule has 1 aromatic heterocycles. The maximum atomic E-state index is 12.4. The Morgan fingerprint density at radius 3 is 2.28 bits per heavy atom. The topological polar surface area (TPSA) is 48.5 Å². The third-order valence-electron chi connectivity index (χ3n) is 4.64. The molecule has 2 amide bonds. The van der Waals surface area contributed by atoms with Gasteiger partial charge in [0.2, 0.25) is 0 Å². The number of anilines is 1. The Hall–Kier alpha value is -2.40. The highest BCUT2D eigenvalue weighted by molar-refractivity contribution is 5.89. The summed E-state index contributed by atoms with van der Waals surface area (Å²) in [6.45, 7) is 8.53. The van der Waals surface area contributed by atoms with Crippen molar-refractivity contribution in [2.75, 3.05) is 31.5 Å². The fourth-order valence-electron chi connectivity index (χ4n) is 3.01. The number of pyridine rings is 1. The van der Waals surface area contributed by atoms with Crippen molar-refractivity contribution in [3.05, 3.63) is 59.9 Å². The van der Waals surface area contributed by atoms with Crippen LogP contribution < -0.4 is 5.32 Å². The number of benzene rings is 1. The molecule has 0 saturated carbocycles. The fourth-order valence-corrected chi connectivity index (χ4v) is 3.01. The lowest BCUT2D eigenvalue weighted by Gasteiger charge is -2.34. The number of carbonyl (C=O) groups is 1. The highest BCUT2D eigenvalue weighted by atomic mass is 16.2. The molecule has 0 spiro atoms. The second-order valence-electron chi connectivity index (χ2n) is 6.83. The molecular weight excluding hydrogens is 312 g/mol. The van der Waals surface area contributed by atoms with E-state index in [1.165, 1.54) is 11.1 Å². The first-order chi connectivity index (χ1) is 12.1. The van der Waals surface area contributed by atoms with Crippen LogP contribution in [-0.2, 0) is 6.54 Å². The van der Waals surface area contributed by atoms with Gasteiger partial charge in [-0.3, -0.25) is 9.88 Å². The summed E-state index contributed by atoms with van der Waals surface area (Å²) < 4.78 is 0. The number of hydrogen-bond donors (Lipinski definition) is 1. The Kier molecular flexibility index (Phi) is 5.66. The quantitative estimate of drug-likeness (QED) is 0.927. The lowest BCUT2D eigenvalue weighted by atomic mass is 10.0. The third kappa shape index (κ3) is 4.79. The van der Waals surface area contributed by atoms with Gasteiger partial charge in [-0.05, 0) is 41.3 Å². The van der Waals surface area contributed by atoms with E-state index < -0.39 is 0 Å². The van der Waals surface area contributed by atoms with Gasteiger partial charge >= 0.3 is 6.03 Å². The van der Waals surface area contributed by atoms with E-state index in [-0.39, 0.29) is 6.03 Å². The molecule has 25 heavy (non-hydrogen) atoms. The molecule has 1 aliphatic rings. The zero-order valence-corrected chi connectivity index (χ0v) is 15.0. The number of hydrogen-bond acceptors (Lipinski definition) is 3. The predicted octanol–water partition coefficient (Wildman–Crippen LogP) is 3.55. The summed E-state index contributed by atoms with van der Waals surface area (Å²) in [7, 11) is 0. The molecule has 3 rings (SSSR count). The minimum atomic E-state index is -0.0131. The van der Waals surface area contributed by atoms with Gasteiger partial charge in [0.1, 0.15) is 0 Å². The van der Waals surface area contributed by atoms with Crippen LogP contribution in [0.3, 0.4) is 0 Å². The smallest absolute Gasteiger partial charge is 0.321 e. The van der Waals surface area contributed by atoms with Gasteiger partial charge in [-0.25, -0.2) is 4.79 Å². The number of rotatable bonds is 4. The molecule has 0 bridgehead atoms. The van der Waals surface area contributed by atoms with Crippen LogP contribution in [-0.4, -0.2) is 47.0 Å². The van der Waals surface area contributed by atoms with E-state index in [2.05, 4.69) is 41.2 Å². The van der Waals surface area contributed by atoms with E-state index in [1.807, 2.05) is 41.6 Å². The highest BCUT2D eigenvalue weighted by Gasteiger charge is 2.21. The van der Waals surface area contributed by atoms with E-state index in [9.17, 15) is 4.79 Å². The van der Waals surface area contributed by atoms with Gasteiger partial charge in [-0.15, -0.1) is 0 Å². The monoisotopic (exact) mass is 338 g/mol. The fraction of sp³-hybridized carbons (Fsp3) is 0.400. The molecule has 1 aliphatic heterocycles. The first kappa shape index (κ1) is 17.4. The van der Waals surface area contributed by atoms with Gasteiger partial charge in [-0.1, -0.05) is 26.0 Å². The van der Waals surface area contributed by atoms with Crippen molar-refractivity contribution in [1.29, 1.82) is 0 Å². The summed E-state index contributed by atoms with van der Waals surface area (Å²) in [4.78, 5) is 20.7. The first-order valence-electron chi connectivity index (χ1n) is 8.89. The lowest BCUT2D eigenvalue weighted by molar-refractivity contribution is 0.143. The average Bonchev–Trinajstić information content (AvgIpc) is 2.63. The molecule has 5 heteroatoms. The molecule has 1 aromatic carbocycles. The van der Waals surface area contributed by atoms with Crippen LogP contribution in [0.15, 0.2) is 48.8 Å². The highest BCUT2D eigenvalue weighted by Crippen LogP contribution is 2.17. The second kappa shape index (κ2) is 8.12. The van der Waals surface area contributed by atoms with Crippen LogP contribution in [0.25, 0.3) is 0 Å². The van der Waals surface area contributed by atoms with E-state index in [4.69, 9.17) is 0 Å². The number of nitrogens with one attached hydrogen (secondary N) is 1. The molecular formula is C20H26N4O. The molecule has 0 aliphatic carbocycles. The Labute approximate surface area is 149 Å². The van der Waals surface area contributed by atoms with Crippen LogP contribution in [0.2, 0.25) is 0 Å². The minimum Gasteiger partial charge on any atom is -0.322 e. The largest absolute Gasteiger partial charge is 0.322 e. The predicted molar refractivity (Wildman–Crippen MR) is 101 cm³/mol.